The van der Waals surface area contributed by atoms with E-state index in [1.165, 1.54) is 4.68 Å². The second-order valence-electron chi connectivity index (χ2n) is 5.40. The maximum absolute atomic E-state index is 12.9. The first-order valence-corrected chi connectivity index (χ1v) is 8.06. The van der Waals surface area contributed by atoms with Crippen LogP contribution >= 0.6 is 11.6 Å². The Bertz CT molecular complexity index is 860. The van der Waals surface area contributed by atoms with Crippen LogP contribution in [0, 0.1) is 0 Å². The molecule has 3 rings (SSSR count). The minimum atomic E-state index is -0.325. The van der Waals surface area contributed by atoms with Gasteiger partial charge < -0.3 is 5.73 Å². The summed E-state index contributed by atoms with van der Waals surface area (Å²) in [6.45, 7) is 1.96. The SMILES string of the molecule is CCC(C(=O)n1nc(-c2ccccc2Cl)nc1N)c1ccccc1. The van der Waals surface area contributed by atoms with Crippen LogP contribution in [0.4, 0.5) is 5.95 Å². The summed E-state index contributed by atoms with van der Waals surface area (Å²) in [4.78, 5) is 17.1. The molecule has 1 aromatic heterocycles. The maximum Gasteiger partial charge on any atom is 0.257 e. The van der Waals surface area contributed by atoms with Crippen LogP contribution in [0.15, 0.2) is 54.6 Å². The van der Waals surface area contributed by atoms with Gasteiger partial charge in [0.1, 0.15) is 0 Å². The monoisotopic (exact) mass is 340 g/mol. The molecule has 2 aromatic carbocycles. The van der Waals surface area contributed by atoms with Crippen molar-refractivity contribution in [1.82, 2.24) is 14.8 Å². The van der Waals surface area contributed by atoms with Crippen LogP contribution in [-0.4, -0.2) is 20.7 Å². The second kappa shape index (κ2) is 6.84. The van der Waals surface area contributed by atoms with Gasteiger partial charge in [0.05, 0.1) is 10.9 Å². The van der Waals surface area contributed by atoms with E-state index >= 15 is 0 Å². The Morgan fingerprint density at radius 1 is 1.17 bits per heavy atom. The van der Waals surface area contributed by atoms with Gasteiger partial charge in [-0.15, -0.1) is 5.10 Å². The van der Waals surface area contributed by atoms with Crippen LogP contribution in [0.2, 0.25) is 5.02 Å². The quantitative estimate of drug-likeness (QED) is 0.778. The molecule has 2 N–H and O–H groups in total. The van der Waals surface area contributed by atoms with E-state index < -0.39 is 0 Å². The summed E-state index contributed by atoms with van der Waals surface area (Å²) < 4.78 is 1.17. The van der Waals surface area contributed by atoms with Gasteiger partial charge in [0.2, 0.25) is 5.95 Å². The van der Waals surface area contributed by atoms with Gasteiger partial charge in [-0.3, -0.25) is 4.79 Å². The molecule has 0 fully saturated rings. The number of hydrogen-bond acceptors (Lipinski definition) is 4. The smallest absolute Gasteiger partial charge is 0.257 e. The first-order chi connectivity index (χ1) is 11.6. The molecule has 24 heavy (non-hydrogen) atoms. The summed E-state index contributed by atoms with van der Waals surface area (Å²) in [5, 5.41) is 4.79. The highest BCUT2D eigenvalue weighted by Crippen LogP contribution is 2.27. The topological polar surface area (TPSA) is 73.8 Å². The third-order valence-corrected chi connectivity index (χ3v) is 4.19. The maximum atomic E-state index is 12.9. The van der Waals surface area contributed by atoms with Crippen molar-refractivity contribution in [2.24, 2.45) is 0 Å². The molecule has 1 atom stereocenters. The Morgan fingerprint density at radius 2 is 1.83 bits per heavy atom. The van der Waals surface area contributed by atoms with Crippen molar-refractivity contribution in [2.45, 2.75) is 19.3 Å². The zero-order valence-corrected chi connectivity index (χ0v) is 13.9. The van der Waals surface area contributed by atoms with Crippen molar-refractivity contribution in [2.75, 3.05) is 5.73 Å². The molecule has 0 saturated heterocycles. The number of hydrogen-bond donors (Lipinski definition) is 1. The van der Waals surface area contributed by atoms with Crippen LogP contribution in [0.25, 0.3) is 11.4 Å². The lowest BCUT2D eigenvalue weighted by Gasteiger charge is -2.13. The minimum Gasteiger partial charge on any atom is -0.368 e. The normalized spacial score (nSPS) is 12.1. The van der Waals surface area contributed by atoms with Gasteiger partial charge in [0.15, 0.2) is 5.82 Å². The fourth-order valence-corrected chi connectivity index (χ4v) is 2.85. The Hall–Kier alpha value is -2.66. The van der Waals surface area contributed by atoms with Crippen LogP contribution < -0.4 is 5.73 Å². The molecule has 0 aliphatic rings. The number of nitrogens with two attached hydrogens (primary N) is 1. The molecular formula is C18H17ClN4O. The zero-order chi connectivity index (χ0) is 17.1. The molecule has 1 heterocycles. The van der Waals surface area contributed by atoms with Crippen molar-refractivity contribution < 1.29 is 4.79 Å². The van der Waals surface area contributed by atoms with E-state index in [2.05, 4.69) is 10.1 Å². The van der Waals surface area contributed by atoms with Gasteiger partial charge in [-0.2, -0.15) is 9.67 Å². The zero-order valence-electron chi connectivity index (χ0n) is 13.2. The Morgan fingerprint density at radius 3 is 2.50 bits per heavy atom. The second-order valence-corrected chi connectivity index (χ2v) is 5.80. The molecular weight excluding hydrogens is 324 g/mol. The lowest BCUT2D eigenvalue weighted by Crippen LogP contribution is -2.22. The Kier molecular flexibility index (Phi) is 4.62. The molecule has 0 spiro atoms. The molecule has 0 bridgehead atoms. The predicted molar refractivity (Wildman–Crippen MR) is 95.0 cm³/mol. The van der Waals surface area contributed by atoms with Crippen LogP contribution in [-0.2, 0) is 0 Å². The third-order valence-electron chi connectivity index (χ3n) is 3.86. The van der Waals surface area contributed by atoms with Crippen LogP contribution in [0.1, 0.15) is 29.6 Å². The molecule has 3 aromatic rings. The standard InChI is InChI=1S/C18H17ClN4O/c1-2-13(12-8-4-3-5-9-12)17(24)23-18(20)21-16(22-23)14-10-6-7-11-15(14)19/h3-11,13H,2H2,1H3,(H2,20,21,22). The van der Waals surface area contributed by atoms with Crippen LogP contribution in [0.5, 0.6) is 0 Å². The summed E-state index contributed by atoms with van der Waals surface area (Å²) in [5.74, 6) is -0.125. The number of carbonyl (C=O) groups excluding carboxylic acids is 1. The lowest BCUT2D eigenvalue weighted by molar-refractivity contribution is 0.0862. The molecule has 5 nitrogen and oxygen atoms in total. The summed E-state index contributed by atoms with van der Waals surface area (Å²) in [7, 11) is 0. The van der Waals surface area contributed by atoms with Crippen molar-refractivity contribution in [3.63, 3.8) is 0 Å². The summed E-state index contributed by atoms with van der Waals surface area (Å²) >= 11 is 6.17. The van der Waals surface area contributed by atoms with E-state index in [9.17, 15) is 4.79 Å². The highest BCUT2D eigenvalue weighted by Gasteiger charge is 2.24. The van der Waals surface area contributed by atoms with Crippen molar-refractivity contribution in [1.29, 1.82) is 0 Å². The number of halogens is 1. The highest BCUT2D eigenvalue weighted by molar-refractivity contribution is 6.33. The van der Waals surface area contributed by atoms with Gasteiger partial charge in [0.25, 0.3) is 5.91 Å². The van der Waals surface area contributed by atoms with E-state index in [1.807, 2.05) is 49.4 Å². The number of anilines is 1. The molecule has 0 aliphatic carbocycles. The molecule has 0 aliphatic heterocycles. The average Bonchev–Trinajstić information content (AvgIpc) is 2.98. The van der Waals surface area contributed by atoms with Crippen molar-refractivity contribution >= 4 is 23.5 Å². The summed E-state index contributed by atoms with van der Waals surface area (Å²) in [6, 6.07) is 16.8. The molecule has 0 radical (unpaired) electrons. The van der Waals surface area contributed by atoms with Gasteiger partial charge >= 0.3 is 0 Å². The number of benzene rings is 2. The van der Waals surface area contributed by atoms with E-state index in [0.29, 0.717) is 22.8 Å². The summed E-state index contributed by atoms with van der Waals surface area (Å²) in [5.41, 5.74) is 7.50. The number of aromatic nitrogens is 3. The van der Waals surface area contributed by atoms with E-state index in [-0.39, 0.29) is 17.8 Å². The number of carbonyl (C=O) groups is 1. The van der Waals surface area contributed by atoms with Gasteiger partial charge in [-0.05, 0) is 24.1 Å². The van der Waals surface area contributed by atoms with Crippen molar-refractivity contribution in [3.8, 4) is 11.4 Å². The Balaban J connectivity index is 1.98. The van der Waals surface area contributed by atoms with E-state index in [0.717, 1.165) is 5.56 Å². The fraction of sp³-hybridized carbons (Fsp3) is 0.167. The molecule has 0 amide bonds. The fourth-order valence-electron chi connectivity index (χ4n) is 2.63. The van der Waals surface area contributed by atoms with Crippen molar-refractivity contribution in [3.05, 3.63) is 65.2 Å². The predicted octanol–water partition coefficient (Wildman–Crippen LogP) is 4.01. The van der Waals surface area contributed by atoms with Crippen LogP contribution in [0.3, 0.4) is 0 Å². The first kappa shape index (κ1) is 16.2. The van der Waals surface area contributed by atoms with E-state index in [1.54, 1.807) is 12.1 Å². The van der Waals surface area contributed by atoms with Gasteiger partial charge in [-0.25, -0.2) is 0 Å². The molecule has 0 saturated carbocycles. The molecule has 122 valence electrons. The lowest BCUT2D eigenvalue weighted by atomic mass is 9.96. The Labute approximate surface area is 145 Å². The molecule has 6 heteroatoms. The number of rotatable bonds is 4. The number of nitrogens with zero attached hydrogens (tertiary/aromatic N) is 3. The first-order valence-electron chi connectivity index (χ1n) is 7.68. The largest absolute Gasteiger partial charge is 0.368 e. The minimum absolute atomic E-state index is 0.0595. The number of nitrogen functional groups attached to an aromatic ring is 1. The third kappa shape index (κ3) is 3.03. The average molecular weight is 341 g/mol. The highest BCUT2D eigenvalue weighted by atomic mass is 35.5. The van der Waals surface area contributed by atoms with Gasteiger partial charge in [-0.1, -0.05) is 61.0 Å². The van der Waals surface area contributed by atoms with Gasteiger partial charge in [0, 0.05) is 5.56 Å². The summed E-state index contributed by atoms with van der Waals surface area (Å²) in [6.07, 6.45) is 0.642. The van der Waals surface area contributed by atoms with E-state index in [4.69, 9.17) is 17.3 Å². The molecule has 1 unspecified atom stereocenters.